The molecule has 9 heteroatoms. The van der Waals surface area contributed by atoms with Gasteiger partial charge in [0.2, 0.25) is 0 Å². The first-order valence-electron chi connectivity index (χ1n) is 6.43. The molecule has 0 radical (unpaired) electrons. The molecule has 2 rings (SSSR count). The summed E-state index contributed by atoms with van der Waals surface area (Å²) >= 11 is 0. The van der Waals surface area contributed by atoms with Crippen LogP contribution < -0.4 is 5.43 Å². The molecule has 0 aliphatic carbocycles. The third-order valence-corrected chi connectivity index (χ3v) is 2.92. The lowest BCUT2D eigenvalue weighted by Crippen LogP contribution is -2.19. The fraction of sp³-hybridized carbons (Fsp3) is 0. The Morgan fingerprint density at radius 3 is 2.75 bits per heavy atom. The van der Waals surface area contributed by atoms with Gasteiger partial charge in [-0.3, -0.25) is 14.9 Å². The van der Waals surface area contributed by atoms with E-state index in [1.807, 2.05) is 0 Å². The second-order valence-electron chi connectivity index (χ2n) is 4.51. The molecule has 0 atom stereocenters. The van der Waals surface area contributed by atoms with Crippen molar-refractivity contribution < 1.29 is 19.2 Å². The summed E-state index contributed by atoms with van der Waals surface area (Å²) < 4.78 is 13.7. The molecule has 8 nitrogen and oxygen atoms in total. The van der Waals surface area contributed by atoms with Crippen LogP contribution in [0, 0.1) is 27.3 Å². The van der Waals surface area contributed by atoms with E-state index in [-0.39, 0.29) is 16.7 Å². The van der Waals surface area contributed by atoms with Gasteiger partial charge in [0.1, 0.15) is 5.82 Å². The van der Waals surface area contributed by atoms with Crippen LogP contribution in [0.15, 0.2) is 41.5 Å². The minimum absolute atomic E-state index is 0.0731. The Balaban J connectivity index is 2.12. The number of hydrogen-bond acceptors (Lipinski definition) is 6. The Hall–Kier alpha value is -3.80. The smallest absolute Gasteiger partial charge is 0.311 e. The van der Waals surface area contributed by atoms with Gasteiger partial charge in [-0.2, -0.15) is 10.4 Å². The molecule has 0 unspecified atom stereocenters. The van der Waals surface area contributed by atoms with Gasteiger partial charge in [0.15, 0.2) is 5.75 Å². The quantitative estimate of drug-likeness (QED) is 0.504. The van der Waals surface area contributed by atoms with Gasteiger partial charge in [-0.1, -0.05) is 0 Å². The number of aromatic hydroxyl groups is 1. The van der Waals surface area contributed by atoms with E-state index < -0.39 is 28.1 Å². The number of carbonyl (C=O) groups is 1. The number of nitrogens with zero attached hydrogens (tertiary/aromatic N) is 3. The van der Waals surface area contributed by atoms with Crippen molar-refractivity contribution in [2.24, 2.45) is 5.10 Å². The molecule has 0 aromatic heterocycles. The number of carbonyl (C=O) groups excluding carboxylic acids is 1. The van der Waals surface area contributed by atoms with Crippen molar-refractivity contribution in [3.05, 3.63) is 69.0 Å². The molecule has 0 spiro atoms. The van der Waals surface area contributed by atoms with Crippen LogP contribution in [0.1, 0.15) is 21.5 Å². The van der Waals surface area contributed by atoms with Crippen LogP contribution in [-0.2, 0) is 0 Å². The number of hydrogen-bond donors (Lipinski definition) is 2. The molecule has 0 saturated carbocycles. The lowest BCUT2D eigenvalue weighted by atomic mass is 10.1. The van der Waals surface area contributed by atoms with Gasteiger partial charge in [-0.05, 0) is 30.3 Å². The van der Waals surface area contributed by atoms with Crippen molar-refractivity contribution in [3.63, 3.8) is 0 Å². The second-order valence-corrected chi connectivity index (χ2v) is 4.51. The average molecular weight is 328 g/mol. The van der Waals surface area contributed by atoms with E-state index in [9.17, 15) is 24.4 Å². The molecule has 0 bridgehead atoms. The summed E-state index contributed by atoms with van der Waals surface area (Å²) in [6, 6.07) is 8.61. The Morgan fingerprint density at radius 2 is 2.12 bits per heavy atom. The van der Waals surface area contributed by atoms with Crippen LogP contribution in [0.3, 0.4) is 0 Å². The number of halogens is 1. The number of phenols is 1. The highest BCUT2D eigenvalue weighted by Gasteiger charge is 2.13. The van der Waals surface area contributed by atoms with Crippen LogP contribution in [0.25, 0.3) is 0 Å². The van der Waals surface area contributed by atoms with Crippen LogP contribution in [0.5, 0.6) is 5.75 Å². The van der Waals surface area contributed by atoms with E-state index >= 15 is 0 Å². The first-order chi connectivity index (χ1) is 11.4. The molecule has 2 N–H and O–H groups in total. The molecule has 120 valence electrons. The van der Waals surface area contributed by atoms with Crippen molar-refractivity contribution in [2.45, 2.75) is 0 Å². The average Bonchev–Trinajstić information content (AvgIpc) is 2.55. The zero-order valence-corrected chi connectivity index (χ0v) is 11.9. The monoisotopic (exact) mass is 328 g/mol. The number of nitro groups is 1. The maximum Gasteiger partial charge on any atom is 0.311 e. The molecule has 0 saturated heterocycles. The van der Waals surface area contributed by atoms with E-state index in [4.69, 9.17) is 5.26 Å². The fourth-order valence-electron chi connectivity index (χ4n) is 1.76. The van der Waals surface area contributed by atoms with E-state index in [0.29, 0.717) is 0 Å². The zero-order chi connectivity index (χ0) is 17.7. The summed E-state index contributed by atoms with van der Waals surface area (Å²) in [5.74, 6) is -2.22. The first kappa shape index (κ1) is 16.6. The Kier molecular flexibility index (Phi) is 4.81. The van der Waals surface area contributed by atoms with Crippen molar-refractivity contribution in [1.29, 1.82) is 5.26 Å². The van der Waals surface area contributed by atoms with Crippen LogP contribution in [-0.4, -0.2) is 22.2 Å². The molecule has 0 fully saturated rings. The topological polar surface area (TPSA) is 129 Å². The van der Waals surface area contributed by atoms with Gasteiger partial charge in [0.25, 0.3) is 5.91 Å². The Morgan fingerprint density at radius 1 is 1.38 bits per heavy atom. The maximum atomic E-state index is 13.7. The zero-order valence-electron chi connectivity index (χ0n) is 11.9. The van der Waals surface area contributed by atoms with E-state index in [1.165, 1.54) is 12.1 Å². The minimum atomic E-state index is -0.873. The van der Waals surface area contributed by atoms with Crippen molar-refractivity contribution >= 4 is 17.8 Å². The van der Waals surface area contributed by atoms with Crippen LogP contribution >= 0.6 is 0 Å². The van der Waals surface area contributed by atoms with Gasteiger partial charge in [-0.15, -0.1) is 0 Å². The lowest BCUT2D eigenvalue weighted by Gasteiger charge is -2.02. The number of rotatable bonds is 4. The van der Waals surface area contributed by atoms with Crippen molar-refractivity contribution in [1.82, 2.24) is 5.43 Å². The molecule has 1 amide bonds. The number of nitriles is 1. The third-order valence-electron chi connectivity index (χ3n) is 2.92. The van der Waals surface area contributed by atoms with Crippen LogP contribution in [0.2, 0.25) is 0 Å². The van der Waals surface area contributed by atoms with Gasteiger partial charge in [0, 0.05) is 11.6 Å². The minimum Gasteiger partial charge on any atom is -0.502 e. The highest BCUT2D eigenvalue weighted by Crippen LogP contribution is 2.25. The van der Waals surface area contributed by atoms with Gasteiger partial charge in [0.05, 0.1) is 28.3 Å². The SMILES string of the molecule is N#Cc1ccc(C(=O)NN=Cc2ccc(O)c([N+](=O)[O-])c2)c(F)c1. The lowest BCUT2D eigenvalue weighted by molar-refractivity contribution is -0.385. The Labute approximate surface area is 134 Å². The van der Waals surface area contributed by atoms with Gasteiger partial charge < -0.3 is 5.11 Å². The number of benzene rings is 2. The van der Waals surface area contributed by atoms with Crippen LogP contribution in [0.4, 0.5) is 10.1 Å². The van der Waals surface area contributed by atoms with Gasteiger partial charge >= 0.3 is 5.69 Å². The summed E-state index contributed by atoms with van der Waals surface area (Å²) in [4.78, 5) is 21.7. The summed E-state index contributed by atoms with van der Waals surface area (Å²) in [5, 5.41) is 32.2. The number of phenolic OH excluding ortho intramolecular Hbond substituents is 1. The summed E-state index contributed by atoms with van der Waals surface area (Å²) in [7, 11) is 0. The van der Waals surface area contributed by atoms with E-state index in [0.717, 1.165) is 30.5 Å². The molecule has 0 aliphatic rings. The highest BCUT2D eigenvalue weighted by molar-refractivity contribution is 5.95. The van der Waals surface area contributed by atoms with E-state index in [1.54, 1.807) is 6.07 Å². The molecule has 2 aromatic carbocycles. The largest absolute Gasteiger partial charge is 0.502 e. The molecule has 24 heavy (non-hydrogen) atoms. The molecular weight excluding hydrogens is 319 g/mol. The number of amides is 1. The normalized spacial score (nSPS) is 10.3. The first-order valence-corrected chi connectivity index (χ1v) is 6.43. The number of nitrogens with one attached hydrogen (secondary N) is 1. The number of hydrazone groups is 1. The molecular formula is C15H9FN4O4. The van der Waals surface area contributed by atoms with Crippen molar-refractivity contribution in [2.75, 3.05) is 0 Å². The summed E-state index contributed by atoms with van der Waals surface area (Å²) in [6.07, 6.45) is 1.10. The Bertz CT molecular complexity index is 890. The third kappa shape index (κ3) is 3.69. The number of nitro benzene ring substituents is 1. The summed E-state index contributed by atoms with van der Waals surface area (Å²) in [6.45, 7) is 0. The highest BCUT2D eigenvalue weighted by atomic mass is 19.1. The predicted molar refractivity (Wildman–Crippen MR) is 80.9 cm³/mol. The molecule has 2 aromatic rings. The standard InChI is InChI=1S/C15H9FN4O4/c16-12-5-9(7-17)1-3-11(12)15(22)19-18-8-10-2-4-14(21)13(6-10)20(23)24/h1-6,8,21H,(H,19,22). The molecule has 0 heterocycles. The van der Waals surface area contributed by atoms with Crippen molar-refractivity contribution in [3.8, 4) is 11.8 Å². The maximum absolute atomic E-state index is 13.7. The van der Waals surface area contributed by atoms with E-state index in [2.05, 4.69) is 10.5 Å². The fourth-order valence-corrected chi connectivity index (χ4v) is 1.76. The summed E-state index contributed by atoms with van der Waals surface area (Å²) in [5.41, 5.74) is 1.57. The predicted octanol–water partition coefficient (Wildman–Crippen LogP) is 2.08. The second kappa shape index (κ2) is 6.97. The van der Waals surface area contributed by atoms with Gasteiger partial charge in [-0.25, -0.2) is 9.82 Å². The molecule has 0 aliphatic heterocycles.